The monoisotopic (exact) mass is 321 g/mol. The molecule has 1 aromatic rings. The first-order valence-corrected chi connectivity index (χ1v) is 8.51. The van der Waals surface area contributed by atoms with Crippen LogP contribution in [0.3, 0.4) is 0 Å². The highest BCUT2D eigenvalue weighted by atomic mass is 35.5. The number of benzene rings is 1. The lowest BCUT2D eigenvalue weighted by atomic mass is 10.2. The zero-order chi connectivity index (χ0) is 14.4. The fraction of sp³-hybridized carbons (Fsp3) is 0.571. The van der Waals surface area contributed by atoms with E-state index in [9.17, 15) is 4.21 Å². The Bertz CT molecular complexity index is 439. The van der Waals surface area contributed by atoms with E-state index in [2.05, 4.69) is 19.2 Å². The molecule has 2 nitrogen and oxygen atoms in total. The molecule has 1 aromatic carbocycles. The van der Waals surface area contributed by atoms with Crippen LogP contribution in [0.2, 0.25) is 10.0 Å². The first-order chi connectivity index (χ1) is 8.95. The fourth-order valence-electron chi connectivity index (χ4n) is 1.89. The molecule has 0 aromatic heterocycles. The summed E-state index contributed by atoms with van der Waals surface area (Å²) in [6, 6.07) is 5.54. The summed E-state index contributed by atoms with van der Waals surface area (Å²) in [5.41, 5.74) is 0. The lowest BCUT2D eigenvalue weighted by Crippen LogP contribution is -2.31. The van der Waals surface area contributed by atoms with Crippen molar-refractivity contribution in [3.05, 3.63) is 28.2 Å². The van der Waals surface area contributed by atoms with Gasteiger partial charge in [0.15, 0.2) is 0 Å². The van der Waals surface area contributed by atoms with Crippen molar-refractivity contribution in [2.24, 2.45) is 0 Å². The van der Waals surface area contributed by atoms with Crippen molar-refractivity contribution < 1.29 is 4.21 Å². The van der Waals surface area contributed by atoms with Gasteiger partial charge in [0.05, 0.1) is 20.8 Å². The van der Waals surface area contributed by atoms with Gasteiger partial charge in [-0.25, -0.2) is 0 Å². The molecule has 3 unspecified atom stereocenters. The van der Waals surface area contributed by atoms with Gasteiger partial charge in [0.25, 0.3) is 0 Å². The van der Waals surface area contributed by atoms with Gasteiger partial charge in [-0.3, -0.25) is 4.21 Å². The molecule has 0 heterocycles. The zero-order valence-electron chi connectivity index (χ0n) is 11.6. The molecule has 19 heavy (non-hydrogen) atoms. The first kappa shape index (κ1) is 17.0. The van der Waals surface area contributed by atoms with Crippen LogP contribution in [-0.4, -0.2) is 22.0 Å². The van der Waals surface area contributed by atoms with Gasteiger partial charge in [0.2, 0.25) is 0 Å². The van der Waals surface area contributed by atoms with E-state index in [0.717, 1.165) is 24.3 Å². The predicted molar refractivity (Wildman–Crippen MR) is 84.7 cm³/mol. The normalized spacial score (nSPS) is 16.1. The molecule has 3 atom stereocenters. The second-order valence-corrected chi connectivity index (χ2v) is 7.46. The minimum atomic E-state index is -1.06. The van der Waals surface area contributed by atoms with Crippen LogP contribution in [-0.2, 0) is 10.8 Å². The summed E-state index contributed by atoms with van der Waals surface area (Å²) in [5, 5.41) is 4.44. The van der Waals surface area contributed by atoms with Gasteiger partial charge in [-0.15, -0.1) is 0 Å². The lowest BCUT2D eigenvalue weighted by Gasteiger charge is -2.18. The number of nitrogens with one attached hydrogen (secondary N) is 1. The van der Waals surface area contributed by atoms with E-state index in [1.165, 1.54) is 0 Å². The van der Waals surface area contributed by atoms with E-state index in [1.54, 1.807) is 18.2 Å². The molecule has 0 spiro atoms. The van der Waals surface area contributed by atoms with Crippen LogP contribution in [0.1, 0.15) is 33.6 Å². The fourth-order valence-corrected chi connectivity index (χ4v) is 3.62. The van der Waals surface area contributed by atoms with Crippen molar-refractivity contribution in [3.63, 3.8) is 0 Å². The summed E-state index contributed by atoms with van der Waals surface area (Å²) in [5.74, 6) is 0. The molecular formula is C14H21Cl2NOS. The summed E-state index contributed by atoms with van der Waals surface area (Å²) >= 11 is 11.8. The van der Waals surface area contributed by atoms with Crippen LogP contribution in [0, 0.1) is 0 Å². The SMILES string of the molecule is CCCNC(C)CC(C)S(=O)c1ccc(Cl)c(Cl)c1. The first-order valence-electron chi connectivity index (χ1n) is 6.54. The van der Waals surface area contributed by atoms with Crippen molar-refractivity contribution in [3.8, 4) is 0 Å². The predicted octanol–water partition coefficient (Wildman–Crippen LogP) is 4.27. The van der Waals surface area contributed by atoms with Crippen molar-refractivity contribution >= 4 is 34.0 Å². The topological polar surface area (TPSA) is 29.1 Å². The number of rotatable bonds is 7. The number of hydrogen-bond acceptors (Lipinski definition) is 2. The van der Waals surface area contributed by atoms with E-state index in [1.807, 2.05) is 6.92 Å². The van der Waals surface area contributed by atoms with Crippen LogP contribution >= 0.6 is 23.2 Å². The molecule has 0 fully saturated rings. The Morgan fingerprint density at radius 3 is 2.53 bits per heavy atom. The van der Waals surface area contributed by atoms with Crippen LogP contribution in [0.25, 0.3) is 0 Å². The summed E-state index contributed by atoms with van der Waals surface area (Å²) in [7, 11) is -1.06. The Morgan fingerprint density at radius 2 is 1.95 bits per heavy atom. The molecule has 0 bridgehead atoms. The smallest absolute Gasteiger partial charge is 0.0604 e. The maximum absolute atomic E-state index is 12.4. The van der Waals surface area contributed by atoms with Crippen molar-refractivity contribution in [1.82, 2.24) is 5.32 Å². The van der Waals surface area contributed by atoms with Crippen molar-refractivity contribution in [1.29, 1.82) is 0 Å². The molecule has 0 saturated carbocycles. The second-order valence-electron chi connectivity index (χ2n) is 4.77. The molecule has 1 N–H and O–H groups in total. The highest BCUT2D eigenvalue weighted by Crippen LogP contribution is 2.25. The molecule has 0 aliphatic carbocycles. The van der Waals surface area contributed by atoms with Gasteiger partial charge >= 0.3 is 0 Å². The maximum atomic E-state index is 12.4. The van der Waals surface area contributed by atoms with Gasteiger partial charge in [-0.1, -0.05) is 37.0 Å². The molecule has 0 aliphatic heterocycles. The van der Waals surface area contributed by atoms with Crippen LogP contribution in [0.15, 0.2) is 23.1 Å². The molecule has 0 amide bonds. The Balaban J connectivity index is 2.63. The third kappa shape index (κ3) is 5.42. The van der Waals surface area contributed by atoms with Gasteiger partial charge in [-0.05, 0) is 44.5 Å². The highest BCUT2D eigenvalue weighted by Gasteiger charge is 2.17. The minimum Gasteiger partial charge on any atom is -0.314 e. The lowest BCUT2D eigenvalue weighted by molar-refractivity contribution is 0.508. The van der Waals surface area contributed by atoms with Crippen molar-refractivity contribution in [2.75, 3.05) is 6.54 Å². The van der Waals surface area contributed by atoms with E-state index >= 15 is 0 Å². The summed E-state index contributed by atoms with van der Waals surface area (Å²) in [4.78, 5) is 0.740. The summed E-state index contributed by atoms with van der Waals surface area (Å²) < 4.78 is 12.4. The Labute approximate surface area is 128 Å². The molecular weight excluding hydrogens is 301 g/mol. The van der Waals surface area contributed by atoms with Gasteiger partial charge in [-0.2, -0.15) is 0 Å². The third-order valence-corrected chi connectivity index (χ3v) is 5.30. The van der Waals surface area contributed by atoms with Gasteiger partial charge < -0.3 is 5.32 Å². The third-order valence-electron chi connectivity index (χ3n) is 2.92. The largest absolute Gasteiger partial charge is 0.314 e. The number of hydrogen-bond donors (Lipinski definition) is 1. The highest BCUT2D eigenvalue weighted by molar-refractivity contribution is 7.85. The average molecular weight is 322 g/mol. The minimum absolute atomic E-state index is 0.0802. The molecule has 0 saturated heterocycles. The molecule has 1 rings (SSSR count). The van der Waals surface area contributed by atoms with Gasteiger partial charge in [0.1, 0.15) is 0 Å². The summed E-state index contributed by atoms with van der Waals surface area (Å²) in [6.45, 7) is 7.26. The Kier molecular flexibility index (Phi) is 7.37. The van der Waals surface area contributed by atoms with Crippen LogP contribution in [0.4, 0.5) is 0 Å². The van der Waals surface area contributed by atoms with E-state index < -0.39 is 10.8 Å². The standard InChI is InChI=1S/C14H21Cl2NOS/c1-4-7-17-10(2)8-11(3)19(18)12-5-6-13(15)14(16)9-12/h5-6,9-11,17H,4,7-8H2,1-3H3. The number of halogens is 2. The van der Waals surface area contributed by atoms with Crippen LogP contribution in [0.5, 0.6) is 0 Å². The molecule has 0 radical (unpaired) electrons. The molecule has 5 heteroatoms. The van der Waals surface area contributed by atoms with Crippen LogP contribution < -0.4 is 5.32 Å². The zero-order valence-corrected chi connectivity index (χ0v) is 13.9. The molecule has 108 valence electrons. The summed E-state index contributed by atoms with van der Waals surface area (Å²) in [6.07, 6.45) is 1.97. The van der Waals surface area contributed by atoms with Crippen molar-refractivity contribution in [2.45, 2.75) is 49.8 Å². The van der Waals surface area contributed by atoms with E-state index in [4.69, 9.17) is 23.2 Å². The van der Waals surface area contributed by atoms with Gasteiger partial charge in [0, 0.05) is 16.2 Å². The average Bonchev–Trinajstić information content (AvgIpc) is 2.38. The van der Waals surface area contributed by atoms with E-state index in [-0.39, 0.29) is 5.25 Å². The maximum Gasteiger partial charge on any atom is 0.0604 e. The Hall–Kier alpha value is -0.0900. The van der Waals surface area contributed by atoms with E-state index in [0.29, 0.717) is 16.1 Å². The quantitative estimate of drug-likeness (QED) is 0.812. The molecule has 0 aliphatic rings. The second kappa shape index (κ2) is 8.25. The Morgan fingerprint density at radius 1 is 1.26 bits per heavy atom.